The number of hydrogen-bond acceptors (Lipinski definition) is 9. The summed E-state index contributed by atoms with van der Waals surface area (Å²) in [7, 11) is 0. The molecule has 0 aliphatic rings. The van der Waals surface area contributed by atoms with E-state index in [1.807, 2.05) is 22.9 Å². The lowest BCUT2D eigenvalue weighted by Gasteiger charge is -2.08. The molecule has 0 aromatic carbocycles. The van der Waals surface area contributed by atoms with Crippen LogP contribution >= 0.6 is 34.4 Å². The Labute approximate surface area is 203 Å². The Bertz CT molecular complexity index is 1210. The summed E-state index contributed by atoms with van der Waals surface area (Å²) in [6, 6.07) is 2.03. The maximum Gasteiger partial charge on any atom is 0.341 e. The second kappa shape index (κ2) is 10.8. The van der Waals surface area contributed by atoms with E-state index in [4.69, 9.17) is 10.5 Å². The lowest BCUT2D eigenvalue weighted by molar-refractivity contribution is -0.113. The number of thiophene rings is 2. The molecule has 0 aliphatic heterocycles. The summed E-state index contributed by atoms with van der Waals surface area (Å²) in [6.45, 7) is 9.73. The Balaban J connectivity index is 1.78. The first-order chi connectivity index (χ1) is 15.8. The lowest BCUT2D eigenvalue weighted by Crippen LogP contribution is -2.17. The minimum absolute atomic E-state index is 0.0169. The number of allylic oxidation sites excluding steroid dienone is 1. The van der Waals surface area contributed by atoms with Crippen LogP contribution in [0.4, 0.5) is 5.00 Å². The zero-order valence-electron chi connectivity index (χ0n) is 18.3. The number of nitrogens with one attached hydrogen (secondary N) is 1. The summed E-state index contributed by atoms with van der Waals surface area (Å²) < 4.78 is 6.96. The molecule has 0 saturated heterocycles. The van der Waals surface area contributed by atoms with Gasteiger partial charge in [0.25, 0.3) is 5.91 Å². The highest BCUT2D eigenvalue weighted by Crippen LogP contribution is 2.34. The third-order valence-corrected chi connectivity index (χ3v) is 7.50. The summed E-state index contributed by atoms with van der Waals surface area (Å²) in [6.07, 6.45) is 1.74. The lowest BCUT2D eigenvalue weighted by atomic mass is 10.1. The largest absolute Gasteiger partial charge is 0.462 e. The van der Waals surface area contributed by atoms with Gasteiger partial charge in [0.05, 0.1) is 22.8 Å². The Morgan fingerprint density at radius 3 is 2.70 bits per heavy atom. The molecule has 0 fully saturated rings. The van der Waals surface area contributed by atoms with Crippen LogP contribution in [0.2, 0.25) is 0 Å². The van der Waals surface area contributed by atoms with Gasteiger partial charge in [0.1, 0.15) is 5.00 Å². The summed E-state index contributed by atoms with van der Waals surface area (Å²) in [4.78, 5) is 38.2. The van der Waals surface area contributed by atoms with Crippen LogP contribution in [0.5, 0.6) is 0 Å². The molecule has 0 bridgehead atoms. The van der Waals surface area contributed by atoms with Gasteiger partial charge in [0.2, 0.25) is 5.91 Å². The molecule has 33 heavy (non-hydrogen) atoms. The maximum atomic E-state index is 12.7. The molecule has 3 heterocycles. The molecular weight excluding hydrogens is 482 g/mol. The number of nitrogens with zero attached hydrogens (tertiary/aromatic N) is 3. The Morgan fingerprint density at radius 2 is 2.09 bits per heavy atom. The molecule has 174 valence electrons. The van der Waals surface area contributed by atoms with Crippen LogP contribution < -0.4 is 11.1 Å². The van der Waals surface area contributed by atoms with Gasteiger partial charge in [-0.2, -0.15) is 0 Å². The predicted molar refractivity (Wildman–Crippen MR) is 131 cm³/mol. The highest BCUT2D eigenvalue weighted by atomic mass is 32.2. The summed E-state index contributed by atoms with van der Waals surface area (Å²) >= 11 is 3.78. The van der Waals surface area contributed by atoms with Crippen LogP contribution in [0.3, 0.4) is 0 Å². The van der Waals surface area contributed by atoms with E-state index in [2.05, 4.69) is 22.1 Å². The molecule has 0 atom stereocenters. The number of rotatable bonds is 10. The number of esters is 1. The molecule has 12 heteroatoms. The number of aromatic nitrogens is 3. The molecular formula is C21H23N5O4S3. The SMILES string of the molecule is C=CCn1c(SCC(=O)Nc2sc(C(N)=O)c(C)c2C(=O)OCC)nnc1-c1csc(C)c1. The number of carbonyl (C=O) groups is 3. The summed E-state index contributed by atoms with van der Waals surface area (Å²) in [5.41, 5.74) is 6.89. The smallest absolute Gasteiger partial charge is 0.341 e. The van der Waals surface area contributed by atoms with Crippen molar-refractivity contribution in [2.45, 2.75) is 32.5 Å². The zero-order chi connectivity index (χ0) is 24.1. The fourth-order valence-electron chi connectivity index (χ4n) is 3.04. The molecule has 0 saturated carbocycles. The van der Waals surface area contributed by atoms with E-state index in [1.54, 1.807) is 31.3 Å². The molecule has 3 aromatic rings. The number of primary amides is 1. The third kappa shape index (κ3) is 5.52. The van der Waals surface area contributed by atoms with Crippen LogP contribution in [0.25, 0.3) is 11.4 Å². The number of thioether (sulfide) groups is 1. The van der Waals surface area contributed by atoms with Gasteiger partial charge >= 0.3 is 5.97 Å². The van der Waals surface area contributed by atoms with Crippen molar-refractivity contribution in [2.24, 2.45) is 5.73 Å². The summed E-state index contributed by atoms with van der Waals surface area (Å²) in [5, 5.41) is 14.0. The highest BCUT2D eigenvalue weighted by molar-refractivity contribution is 7.99. The van der Waals surface area contributed by atoms with Gasteiger partial charge in [0, 0.05) is 22.4 Å². The molecule has 2 amide bonds. The van der Waals surface area contributed by atoms with Crippen LogP contribution in [0.15, 0.2) is 29.3 Å². The minimum atomic E-state index is -0.674. The van der Waals surface area contributed by atoms with Crippen LogP contribution in [-0.2, 0) is 16.1 Å². The Kier molecular flexibility index (Phi) is 8.06. The van der Waals surface area contributed by atoms with E-state index in [0.29, 0.717) is 23.1 Å². The number of ether oxygens (including phenoxy) is 1. The number of amides is 2. The summed E-state index contributed by atoms with van der Waals surface area (Å²) in [5.74, 6) is -0.950. The van der Waals surface area contributed by atoms with Crippen molar-refractivity contribution in [1.29, 1.82) is 0 Å². The molecule has 0 spiro atoms. The van der Waals surface area contributed by atoms with Crippen molar-refractivity contribution in [3.8, 4) is 11.4 Å². The van der Waals surface area contributed by atoms with Gasteiger partial charge in [0.15, 0.2) is 11.0 Å². The van der Waals surface area contributed by atoms with E-state index >= 15 is 0 Å². The van der Waals surface area contributed by atoms with Crippen molar-refractivity contribution < 1.29 is 19.1 Å². The van der Waals surface area contributed by atoms with Gasteiger partial charge in [-0.3, -0.25) is 14.2 Å². The third-order valence-electron chi connectivity index (χ3n) is 4.45. The first-order valence-electron chi connectivity index (χ1n) is 9.89. The van der Waals surface area contributed by atoms with Crippen LogP contribution in [0, 0.1) is 13.8 Å². The Morgan fingerprint density at radius 1 is 1.33 bits per heavy atom. The predicted octanol–water partition coefficient (Wildman–Crippen LogP) is 3.88. The van der Waals surface area contributed by atoms with E-state index in [-0.39, 0.29) is 33.7 Å². The molecule has 0 radical (unpaired) electrons. The van der Waals surface area contributed by atoms with Gasteiger partial charge < -0.3 is 15.8 Å². The Hall–Kier alpha value is -2.96. The average Bonchev–Trinajstić information content (AvgIpc) is 3.44. The van der Waals surface area contributed by atoms with Crippen molar-refractivity contribution in [2.75, 3.05) is 17.7 Å². The van der Waals surface area contributed by atoms with Crippen molar-refractivity contribution in [3.05, 3.63) is 45.0 Å². The molecule has 3 aromatic heterocycles. The number of hydrogen-bond donors (Lipinski definition) is 2. The van der Waals surface area contributed by atoms with E-state index in [0.717, 1.165) is 21.8 Å². The minimum Gasteiger partial charge on any atom is -0.462 e. The van der Waals surface area contributed by atoms with Gasteiger partial charge in [-0.05, 0) is 32.4 Å². The van der Waals surface area contributed by atoms with Gasteiger partial charge in [-0.1, -0.05) is 17.8 Å². The first kappa shape index (κ1) is 24.7. The number of anilines is 1. The van der Waals surface area contributed by atoms with Crippen LogP contribution in [-0.4, -0.2) is 44.9 Å². The monoisotopic (exact) mass is 505 g/mol. The molecule has 3 rings (SSSR count). The topological polar surface area (TPSA) is 129 Å². The zero-order valence-corrected chi connectivity index (χ0v) is 20.8. The van der Waals surface area contributed by atoms with Crippen molar-refractivity contribution in [1.82, 2.24) is 14.8 Å². The molecule has 0 aliphatic carbocycles. The second-order valence-electron chi connectivity index (χ2n) is 6.83. The van der Waals surface area contributed by atoms with Crippen molar-refractivity contribution in [3.63, 3.8) is 0 Å². The number of nitrogens with two attached hydrogens (primary N) is 1. The first-order valence-corrected chi connectivity index (χ1v) is 12.6. The van der Waals surface area contributed by atoms with Gasteiger partial charge in [-0.25, -0.2) is 4.79 Å². The molecule has 9 nitrogen and oxygen atoms in total. The normalized spacial score (nSPS) is 10.8. The quantitative estimate of drug-likeness (QED) is 0.243. The fraction of sp³-hybridized carbons (Fsp3) is 0.286. The number of aryl methyl sites for hydroxylation is 1. The molecule has 0 unspecified atom stereocenters. The highest BCUT2D eigenvalue weighted by Gasteiger charge is 2.26. The number of carbonyl (C=O) groups excluding carboxylic acids is 3. The van der Waals surface area contributed by atoms with E-state index < -0.39 is 11.9 Å². The second-order valence-corrected chi connectivity index (χ2v) is 9.91. The maximum absolute atomic E-state index is 12.7. The van der Waals surface area contributed by atoms with E-state index in [9.17, 15) is 14.4 Å². The molecule has 3 N–H and O–H groups in total. The fourth-order valence-corrected chi connectivity index (χ4v) is 5.53. The standard InChI is InChI=1S/C21H23N5O4S3/c1-5-7-26-18(13-8-11(3)31-9-13)24-25-21(26)32-10-14(27)23-19-15(20(29)30-6-2)12(4)16(33-19)17(22)28/h5,8-9H,1,6-7,10H2,2-4H3,(H2,22,28)(H,23,27). The van der Waals surface area contributed by atoms with E-state index in [1.165, 1.54) is 11.8 Å². The average molecular weight is 506 g/mol. The van der Waals surface area contributed by atoms with Crippen LogP contribution in [0.1, 0.15) is 37.4 Å². The van der Waals surface area contributed by atoms with Gasteiger partial charge in [-0.15, -0.1) is 39.4 Å². The van der Waals surface area contributed by atoms with Crippen molar-refractivity contribution >= 4 is 57.2 Å².